The Labute approximate surface area is 82.3 Å². The lowest BCUT2D eigenvalue weighted by Gasteiger charge is -2.15. The molecule has 82 valence electrons. The molecule has 0 rings (SSSR count). The van der Waals surface area contributed by atoms with Crippen LogP contribution in [0.25, 0.3) is 0 Å². The topological polar surface area (TPSA) is 98.7 Å². The van der Waals surface area contributed by atoms with E-state index in [0.29, 0.717) is 0 Å². The predicted molar refractivity (Wildman–Crippen MR) is 49.9 cm³/mol. The molecule has 1 unspecified atom stereocenters. The molecule has 6 heteroatoms. The van der Waals surface area contributed by atoms with Crippen molar-refractivity contribution < 1.29 is 19.8 Å². The molecule has 0 heterocycles. The number of rotatable bonds is 5. The third-order valence-corrected chi connectivity index (χ3v) is 1.78. The molecule has 0 saturated heterocycles. The Hall–Kier alpha value is -1.30. The fourth-order valence-electron chi connectivity index (χ4n) is 0.711. The Balaban J connectivity index is 3.97. The molecule has 0 saturated carbocycles. The zero-order chi connectivity index (χ0) is 11.1. The molecule has 0 aromatic heterocycles. The molecule has 0 radical (unpaired) electrons. The molecule has 0 fully saturated rings. The van der Waals surface area contributed by atoms with E-state index in [0.717, 1.165) is 6.42 Å². The second-order valence-electron chi connectivity index (χ2n) is 3.00. The molecule has 6 nitrogen and oxygen atoms in total. The molecular formula is C8H16N2O4. The molecule has 0 spiro atoms. The van der Waals surface area contributed by atoms with Gasteiger partial charge in [-0.25, -0.2) is 9.59 Å². The van der Waals surface area contributed by atoms with Gasteiger partial charge in [0.05, 0.1) is 6.61 Å². The summed E-state index contributed by atoms with van der Waals surface area (Å²) in [5, 5.41) is 21.8. The highest BCUT2D eigenvalue weighted by Gasteiger charge is 2.18. The van der Waals surface area contributed by atoms with Crippen LogP contribution in [0.2, 0.25) is 0 Å². The third kappa shape index (κ3) is 4.66. The monoisotopic (exact) mass is 204 g/mol. The Morgan fingerprint density at radius 1 is 1.36 bits per heavy atom. The number of urea groups is 1. The molecule has 0 aromatic rings. The first-order chi connectivity index (χ1) is 6.51. The van der Waals surface area contributed by atoms with E-state index >= 15 is 0 Å². The number of hydrogen-bond acceptors (Lipinski definition) is 3. The zero-order valence-corrected chi connectivity index (χ0v) is 8.28. The van der Waals surface area contributed by atoms with E-state index < -0.39 is 24.6 Å². The average molecular weight is 204 g/mol. The minimum atomic E-state index is -1.26. The van der Waals surface area contributed by atoms with Crippen molar-refractivity contribution in [3.8, 4) is 0 Å². The summed E-state index contributed by atoms with van der Waals surface area (Å²) in [6.07, 6.45) is 0.754. The highest BCUT2D eigenvalue weighted by atomic mass is 16.4. The fraction of sp³-hybridized carbons (Fsp3) is 0.750. The van der Waals surface area contributed by atoms with Gasteiger partial charge < -0.3 is 20.8 Å². The summed E-state index contributed by atoms with van der Waals surface area (Å²) in [5.74, 6) is -1.26. The fourth-order valence-corrected chi connectivity index (χ4v) is 0.711. The number of hydrogen-bond donors (Lipinski definition) is 4. The summed E-state index contributed by atoms with van der Waals surface area (Å²) < 4.78 is 0. The van der Waals surface area contributed by atoms with E-state index in [-0.39, 0.29) is 6.04 Å². The Morgan fingerprint density at radius 3 is 2.29 bits per heavy atom. The maximum absolute atomic E-state index is 11.1. The van der Waals surface area contributed by atoms with E-state index in [2.05, 4.69) is 10.6 Å². The summed E-state index contributed by atoms with van der Waals surface area (Å²) >= 11 is 0. The standard InChI is InChI=1S/C8H16N2O4/c1-3-5(2)9-8(14)10-6(4-11)7(12)13/h5-6,11H,3-4H2,1-2H3,(H,12,13)(H2,9,10,14)/t5?,6-/m1/s1. The lowest BCUT2D eigenvalue weighted by atomic mass is 10.3. The first-order valence-corrected chi connectivity index (χ1v) is 4.42. The van der Waals surface area contributed by atoms with Crippen LogP contribution in [-0.2, 0) is 4.79 Å². The van der Waals surface area contributed by atoms with Gasteiger partial charge in [-0.05, 0) is 13.3 Å². The van der Waals surface area contributed by atoms with Gasteiger partial charge in [0.1, 0.15) is 0 Å². The number of aliphatic carboxylic acids is 1. The van der Waals surface area contributed by atoms with Gasteiger partial charge in [-0.2, -0.15) is 0 Å². The molecule has 4 N–H and O–H groups in total. The average Bonchev–Trinajstić information content (AvgIpc) is 2.13. The Kier molecular flexibility index (Phi) is 5.62. The molecule has 0 aliphatic rings. The highest BCUT2D eigenvalue weighted by molar-refractivity contribution is 5.82. The van der Waals surface area contributed by atoms with Crippen LogP contribution in [0, 0.1) is 0 Å². The molecule has 0 aliphatic heterocycles. The smallest absolute Gasteiger partial charge is 0.328 e. The number of carboxylic acid groups (broad SMARTS) is 1. The first-order valence-electron chi connectivity index (χ1n) is 4.42. The van der Waals surface area contributed by atoms with E-state index in [1.54, 1.807) is 6.92 Å². The number of carbonyl (C=O) groups excluding carboxylic acids is 1. The van der Waals surface area contributed by atoms with Crippen molar-refractivity contribution in [2.45, 2.75) is 32.4 Å². The van der Waals surface area contributed by atoms with Gasteiger partial charge in [0.15, 0.2) is 6.04 Å². The third-order valence-electron chi connectivity index (χ3n) is 1.78. The summed E-state index contributed by atoms with van der Waals surface area (Å²) in [6, 6.07) is -1.86. The van der Waals surface area contributed by atoms with Crippen LogP contribution in [0.4, 0.5) is 4.79 Å². The molecule has 0 aromatic carbocycles. The van der Waals surface area contributed by atoms with Crippen molar-refractivity contribution in [2.75, 3.05) is 6.61 Å². The second-order valence-corrected chi connectivity index (χ2v) is 3.00. The number of nitrogens with one attached hydrogen (secondary N) is 2. The van der Waals surface area contributed by atoms with Crippen molar-refractivity contribution in [3.63, 3.8) is 0 Å². The Bertz CT molecular complexity index is 208. The van der Waals surface area contributed by atoms with E-state index in [9.17, 15) is 9.59 Å². The maximum Gasteiger partial charge on any atom is 0.328 e. The SMILES string of the molecule is CCC(C)NC(=O)N[C@H](CO)C(=O)O. The van der Waals surface area contributed by atoms with Gasteiger partial charge in [-0.3, -0.25) is 0 Å². The van der Waals surface area contributed by atoms with Gasteiger partial charge >= 0.3 is 12.0 Å². The van der Waals surface area contributed by atoms with Crippen LogP contribution >= 0.6 is 0 Å². The zero-order valence-electron chi connectivity index (χ0n) is 8.28. The summed E-state index contributed by atoms with van der Waals surface area (Å²) in [5.41, 5.74) is 0. The van der Waals surface area contributed by atoms with Crippen molar-refractivity contribution in [2.24, 2.45) is 0 Å². The van der Waals surface area contributed by atoms with Crippen LogP contribution in [0.1, 0.15) is 20.3 Å². The van der Waals surface area contributed by atoms with E-state index in [1.807, 2.05) is 6.92 Å². The molecule has 0 bridgehead atoms. The Morgan fingerprint density at radius 2 is 1.93 bits per heavy atom. The summed E-state index contributed by atoms with van der Waals surface area (Å²) in [6.45, 7) is 3.07. The number of aliphatic hydroxyl groups excluding tert-OH is 1. The number of aliphatic hydroxyl groups is 1. The number of amides is 2. The highest BCUT2D eigenvalue weighted by Crippen LogP contribution is 1.88. The minimum absolute atomic E-state index is 0.0249. The van der Waals surface area contributed by atoms with Gasteiger partial charge in [-0.15, -0.1) is 0 Å². The molecule has 14 heavy (non-hydrogen) atoms. The largest absolute Gasteiger partial charge is 0.480 e. The van der Waals surface area contributed by atoms with E-state index in [4.69, 9.17) is 10.2 Å². The summed E-state index contributed by atoms with van der Waals surface area (Å²) in [7, 11) is 0. The summed E-state index contributed by atoms with van der Waals surface area (Å²) in [4.78, 5) is 21.5. The van der Waals surface area contributed by atoms with Crippen molar-refractivity contribution in [3.05, 3.63) is 0 Å². The lowest BCUT2D eigenvalue weighted by molar-refractivity contribution is -0.140. The molecule has 0 aliphatic carbocycles. The number of carboxylic acids is 1. The number of carbonyl (C=O) groups is 2. The minimum Gasteiger partial charge on any atom is -0.480 e. The van der Waals surface area contributed by atoms with E-state index in [1.165, 1.54) is 0 Å². The van der Waals surface area contributed by atoms with Crippen LogP contribution in [0.3, 0.4) is 0 Å². The van der Waals surface area contributed by atoms with Gasteiger partial charge in [0, 0.05) is 6.04 Å². The van der Waals surface area contributed by atoms with Crippen molar-refractivity contribution >= 4 is 12.0 Å². The lowest BCUT2D eigenvalue weighted by Crippen LogP contribution is -2.49. The van der Waals surface area contributed by atoms with Crippen molar-refractivity contribution in [1.82, 2.24) is 10.6 Å². The second kappa shape index (κ2) is 6.20. The van der Waals surface area contributed by atoms with Crippen LogP contribution in [0.5, 0.6) is 0 Å². The van der Waals surface area contributed by atoms with Crippen LogP contribution in [-0.4, -0.2) is 40.9 Å². The predicted octanol–water partition coefficient (Wildman–Crippen LogP) is -0.470. The molecular weight excluding hydrogens is 188 g/mol. The molecule has 2 amide bonds. The van der Waals surface area contributed by atoms with Crippen LogP contribution < -0.4 is 10.6 Å². The van der Waals surface area contributed by atoms with Gasteiger partial charge in [-0.1, -0.05) is 6.92 Å². The maximum atomic E-state index is 11.1. The normalized spacial score (nSPS) is 14.2. The quantitative estimate of drug-likeness (QED) is 0.486. The van der Waals surface area contributed by atoms with Crippen LogP contribution in [0.15, 0.2) is 0 Å². The first kappa shape index (κ1) is 12.7. The van der Waals surface area contributed by atoms with Gasteiger partial charge in [0.25, 0.3) is 0 Å². The van der Waals surface area contributed by atoms with Crippen molar-refractivity contribution in [1.29, 1.82) is 0 Å². The molecule has 2 atom stereocenters. The van der Waals surface area contributed by atoms with Gasteiger partial charge in [0.2, 0.25) is 0 Å².